The summed E-state index contributed by atoms with van der Waals surface area (Å²) >= 11 is 7.36. The molecule has 1 amide bonds. The number of nitrogens with one attached hydrogen (secondary N) is 1. The van der Waals surface area contributed by atoms with Crippen molar-refractivity contribution in [1.82, 2.24) is 9.62 Å². The van der Waals surface area contributed by atoms with Crippen LogP contribution in [0.3, 0.4) is 0 Å². The second-order valence-corrected chi connectivity index (χ2v) is 10.1. The average molecular weight is 439 g/mol. The Kier molecular flexibility index (Phi) is 5.22. The van der Waals surface area contributed by atoms with Gasteiger partial charge in [-0.3, -0.25) is 4.79 Å². The highest BCUT2D eigenvalue weighted by Gasteiger charge is 2.30. The highest BCUT2D eigenvalue weighted by Crippen LogP contribution is 2.31. The molecule has 3 heterocycles. The second-order valence-electron chi connectivity index (χ2n) is 6.79. The molecule has 6 nitrogen and oxygen atoms in total. The van der Waals surface area contributed by atoms with E-state index < -0.39 is 10.0 Å². The monoisotopic (exact) mass is 438 g/mol. The van der Waals surface area contributed by atoms with Gasteiger partial charge in [-0.25, -0.2) is 13.1 Å². The smallest absolute Gasteiger partial charge is 0.289 e. The van der Waals surface area contributed by atoms with Gasteiger partial charge in [0, 0.05) is 30.1 Å². The number of carbonyl (C=O) groups excluding carboxylic acids is 1. The molecule has 0 saturated carbocycles. The Morgan fingerprint density at radius 3 is 2.64 bits per heavy atom. The maximum atomic E-state index is 12.9. The first-order valence-corrected chi connectivity index (χ1v) is 11.6. The molecular formula is C19H19ClN2O4S2. The number of amides is 1. The van der Waals surface area contributed by atoms with Crippen molar-refractivity contribution in [3.05, 3.63) is 52.1 Å². The van der Waals surface area contributed by atoms with Gasteiger partial charge in [-0.15, -0.1) is 11.3 Å². The second kappa shape index (κ2) is 7.51. The molecule has 0 aliphatic carbocycles. The Morgan fingerprint density at radius 1 is 1.25 bits per heavy atom. The zero-order valence-electron chi connectivity index (χ0n) is 15.1. The van der Waals surface area contributed by atoms with Crippen molar-refractivity contribution >= 4 is 49.8 Å². The van der Waals surface area contributed by atoms with Gasteiger partial charge >= 0.3 is 0 Å². The van der Waals surface area contributed by atoms with Crippen molar-refractivity contribution in [3.63, 3.8) is 0 Å². The molecule has 2 aromatic heterocycles. The molecular weight excluding hydrogens is 420 g/mol. The lowest BCUT2D eigenvalue weighted by molar-refractivity contribution is 0.0680. The number of aryl methyl sites for hydroxylation is 1. The highest BCUT2D eigenvalue weighted by atomic mass is 35.5. The molecule has 28 heavy (non-hydrogen) atoms. The Hall–Kier alpha value is -1.87. The van der Waals surface area contributed by atoms with E-state index in [4.69, 9.17) is 16.0 Å². The molecule has 1 fully saturated rings. The maximum Gasteiger partial charge on any atom is 0.289 e. The highest BCUT2D eigenvalue weighted by molar-refractivity contribution is 7.91. The molecule has 148 valence electrons. The van der Waals surface area contributed by atoms with Crippen LogP contribution in [0.2, 0.25) is 5.02 Å². The summed E-state index contributed by atoms with van der Waals surface area (Å²) in [6.07, 6.45) is 1.10. The summed E-state index contributed by atoms with van der Waals surface area (Å²) in [6, 6.07) is 8.53. The summed E-state index contributed by atoms with van der Waals surface area (Å²) in [4.78, 5) is 14.6. The molecule has 4 rings (SSSR count). The lowest BCUT2D eigenvalue weighted by Gasteiger charge is -2.31. The van der Waals surface area contributed by atoms with Crippen LogP contribution >= 0.6 is 22.9 Å². The number of fused-ring (bicyclic) bond motifs is 1. The number of nitrogens with zero attached hydrogens (tertiary/aromatic N) is 1. The molecule has 1 aliphatic heterocycles. The number of hydrogen-bond acceptors (Lipinski definition) is 5. The van der Waals surface area contributed by atoms with E-state index in [9.17, 15) is 13.2 Å². The first-order chi connectivity index (χ1) is 13.4. The van der Waals surface area contributed by atoms with Gasteiger partial charge < -0.3 is 9.32 Å². The summed E-state index contributed by atoms with van der Waals surface area (Å²) < 4.78 is 33.5. The number of halogens is 1. The number of carbonyl (C=O) groups is 1. The zero-order chi connectivity index (χ0) is 19.9. The first-order valence-electron chi connectivity index (χ1n) is 8.89. The van der Waals surface area contributed by atoms with Crippen LogP contribution < -0.4 is 4.72 Å². The molecule has 1 N–H and O–H groups in total. The lowest BCUT2D eigenvalue weighted by atomic mass is 10.1. The van der Waals surface area contributed by atoms with E-state index in [0.717, 1.165) is 10.9 Å². The summed E-state index contributed by atoms with van der Waals surface area (Å²) in [5.41, 5.74) is 1.28. The quantitative estimate of drug-likeness (QED) is 0.666. The van der Waals surface area contributed by atoms with Gasteiger partial charge in [-0.1, -0.05) is 29.8 Å². The number of thiophene rings is 1. The van der Waals surface area contributed by atoms with Crippen LogP contribution in [0.4, 0.5) is 0 Å². The summed E-state index contributed by atoms with van der Waals surface area (Å²) in [6.45, 7) is 2.76. The minimum absolute atomic E-state index is 0.190. The number of para-hydroxylation sites is 1. The molecule has 3 aromatic rings. The van der Waals surface area contributed by atoms with Gasteiger partial charge in [-0.2, -0.15) is 0 Å². The van der Waals surface area contributed by atoms with Crippen molar-refractivity contribution < 1.29 is 17.6 Å². The topological polar surface area (TPSA) is 79.6 Å². The normalized spacial score (nSPS) is 16.0. The molecule has 0 radical (unpaired) electrons. The van der Waals surface area contributed by atoms with Crippen molar-refractivity contribution in [3.8, 4) is 0 Å². The largest absolute Gasteiger partial charge is 0.449 e. The molecule has 9 heteroatoms. The number of furan rings is 1. The minimum Gasteiger partial charge on any atom is -0.449 e. The number of piperidine rings is 1. The van der Waals surface area contributed by atoms with Crippen molar-refractivity contribution in [2.24, 2.45) is 0 Å². The molecule has 0 atom stereocenters. The Morgan fingerprint density at radius 2 is 2.00 bits per heavy atom. The van der Waals surface area contributed by atoms with Crippen LogP contribution in [0.25, 0.3) is 11.0 Å². The van der Waals surface area contributed by atoms with E-state index in [2.05, 4.69) is 4.72 Å². The summed E-state index contributed by atoms with van der Waals surface area (Å²) in [5, 5.41) is 3.04. The third kappa shape index (κ3) is 3.57. The van der Waals surface area contributed by atoms with Gasteiger partial charge in [0.05, 0.1) is 5.02 Å². The lowest BCUT2D eigenvalue weighted by Crippen LogP contribution is -2.46. The summed E-state index contributed by atoms with van der Waals surface area (Å²) in [5.74, 6) is 0.102. The van der Waals surface area contributed by atoms with Crippen LogP contribution in [-0.2, 0) is 10.0 Å². The van der Waals surface area contributed by atoms with E-state index >= 15 is 0 Å². The molecule has 1 aliphatic rings. The number of likely N-dealkylation sites (tertiary alicyclic amines) is 1. The number of benzene rings is 1. The van der Waals surface area contributed by atoms with Gasteiger partial charge in [0.2, 0.25) is 10.0 Å². The minimum atomic E-state index is -3.50. The first kappa shape index (κ1) is 19.4. The fraction of sp³-hybridized carbons (Fsp3) is 0.316. The van der Waals surface area contributed by atoms with Crippen LogP contribution in [0, 0.1) is 6.92 Å². The zero-order valence-corrected chi connectivity index (χ0v) is 17.5. The van der Waals surface area contributed by atoms with Crippen LogP contribution in [0.5, 0.6) is 0 Å². The SMILES string of the molecule is Cc1c(C(=O)N2CCC(NS(=O)(=O)c3cccs3)CC2)oc2c(Cl)cccc12. The van der Waals surface area contributed by atoms with Crippen molar-refractivity contribution in [2.45, 2.75) is 30.0 Å². The molecule has 1 aromatic carbocycles. The van der Waals surface area contributed by atoms with Crippen LogP contribution in [0.1, 0.15) is 29.0 Å². The van der Waals surface area contributed by atoms with Gasteiger partial charge in [0.15, 0.2) is 11.3 Å². The Bertz CT molecular complexity index is 1110. The molecule has 0 spiro atoms. The third-order valence-corrected chi connectivity index (χ3v) is 8.19. The molecule has 1 saturated heterocycles. The number of sulfonamides is 1. The van der Waals surface area contributed by atoms with E-state index in [0.29, 0.717) is 46.5 Å². The van der Waals surface area contributed by atoms with Crippen molar-refractivity contribution in [2.75, 3.05) is 13.1 Å². The predicted octanol–water partition coefficient (Wildman–Crippen LogP) is 4.04. The average Bonchev–Trinajstić information content (AvgIpc) is 3.32. The summed E-state index contributed by atoms with van der Waals surface area (Å²) in [7, 11) is -3.50. The Balaban J connectivity index is 1.45. The fourth-order valence-electron chi connectivity index (χ4n) is 3.45. The van der Waals surface area contributed by atoms with Gasteiger partial charge in [0.1, 0.15) is 4.21 Å². The van der Waals surface area contributed by atoms with E-state index in [1.165, 1.54) is 11.3 Å². The predicted molar refractivity (Wildman–Crippen MR) is 110 cm³/mol. The Labute approximate surface area is 172 Å². The maximum absolute atomic E-state index is 12.9. The van der Waals surface area contributed by atoms with Crippen LogP contribution in [0.15, 0.2) is 44.3 Å². The van der Waals surface area contributed by atoms with Gasteiger partial charge in [0.25, 0.3) is 5.91 Å². The van der Waals surface area contributed by atoms with E-state index in [1.807, 2.05) is 19.1 Å². The molecule has 0 unspecified atom stereocenters. The fourth-order valence-corrected chi connectivity index (χ4v) is 5.98. The number of hydrogen-bond donors (Lipinski definition) is 1. The van der Waals surface area contributed by atoms with Crippen LogP contribution in [-0.4, -0.2) is 38.4 Å². The van der Waals surface area contributed by atoms with Crippen molar-refractivity contribution in [1.29, 1.82) is 0 Å². The van der Waals surface area contributed by atoms with E-state index in [1.54, 1.807) is 28.5 Å². The third-order valence-electron chi connectivity index (χ3n) is 4.97. The van der Waals surface area contributed by atoms with Gasteiger partial charge in [-0.05, 0) is 37.3 Å². The molecule has 0 bridgehead atoms. The number of rotatable bonds is 4. The van der Waals surface area contributed by atoms with E-state index in [-0.39, 0.29) is 11.9 Å². The standard InChI is InChI=1S/C19H19ClN2O4S2/c1-12-14-4-2-5-15(20)18(14)26-17(12)19(23)22-9-7-13(8-10-22)21-28(24,25)16-6-3-11-27-16/h2-6,11,13,21H,7-10H2,1H3.